The van der Waals surface area contributed by atoms with Gasteiger partial charge in [-0.2, -0.15) is 5.10 Å². The van der Waals surface area contributed by atoms with Crippen molar-refractivity contribution >= 4 is 34.8 Å². The molecule has 2 aliphatic rings. The first-order valence-electron chi connectivity index (χ1n) is 11.8. The van der Waals surface area contributed by atoms with Gasteiger partial charge in [-0.05, 0) is 18.9 Å². The highest BCUT2D eigenvalue weighted by Crippen LogP contribution is 2.37. The molecule has 0 saturated heterocycles. The van der Waals surface area contributed by atoms with Crippen LogP contribution in [0.2, 0.25) is 0 Å². The average Bonchev–Trinajstić information content (AvgIpc) is 3.59. The maximum atomic E-state index is 12.8. The van der Waals surface area contributed by atoms with Crippen molar-refractivity contribution in [3.63, 3.8) is 0 Å². The summed E-state index contributed by atoms with van der Waals surface area (Å²) in [5.74, 6) is -0.0547. The van der Waals surface area contributed by atoms with Crippen molar-refractivity contribution in [3.05, 3.63) is 46.4 Å². The highest BCUT2D eigenvalue weighted by molar-refractivity contribution is 6.01. The van der Waals surface area contributed by atoms with Crippen LogP contribution in [0.15, 0.2) is 29.3 Å². The molecule has 2 amide bonds. The van der Waals surface area contributed by atoms with Crippen LogP contribution in [0.3, 0.4) is 0 Å². The third-order valence-electron chi connectivity index (χ3n) is 5.61. The SMILES string of the molecule is [2H]C([2H])([2H])NC(=O)c1cnc(NC(=O)C2CC2)cc1Nc1nccc2c1N(C)Cc1nn(C)c(=O)n1-2. The minimum Gasteiger partial charge on any atom is -0.362 e. The highest BCUT2D eigenvalue weighted by atomic mass is 16.2. The number of fused-ring (bicyclic) bond motifs is 3. The first-order chi connectivity index (χ1) is 17.0. The smallest absolute Gasteiger partial charge is 0.350 e. The van der Waals surface area contributed by atoms with E-state index in [9.17, 15) is 14.4 Å². The second kappa shape index (κ2) is 7.73. The van der Waals surface area contributed by atoms with E-state index in [1.54, 1.807) is 13.1 Å². The Balaban J connectivity index is 1.57. The van der Waals surface area contributed by atoms with Gasteiger partial charge in [-0.1, -0.05) is 0 Å². The van der Waals surface area contributed by atoms with Crippen molar-refractivity contribution in [2.24, 2.45) is 13.0 Å². The van der Waals surface area contributed by atoms with Crippen LogP contribution in [0, 0.1) is 5.92 Å². The Morgan fingerprint density at radius 2 is 2.06 bits per heavy atom. The molecule has 0 radical (unpaired) electrons. The Bertz CT molecular complexity index is 1440. The van der Waals surface area contributed by atoms with Gasteiger partial charge in [0.15, 0.2) is 11.6 Å². The topological polar surface area (TPSA) is 139 Å². The first-order valence-corrected chi connectivity index (χ1v) is 10.3. The maximum absolute atomic E-state index is 12.8. The molecule has 5 rings (SSSR count). The third-order valence-corrected chi connectivity index (χ3v) is 5.61. The Kier molecular flexibility index (Phi) is 4.06. The second-order valence-corrected chi connectivity index (χ2v) is 8.00. The Morgan fingerprint density at radius 3 is 2.82 bits per heavy atom. The van der Waals surface area contributed by atoms with Gasteiger partial charge in [0.2, 0.25) is 5.91 Å². The molecule has 0 atom stereocenters. The molecule has 1 aliphatic carbocycles. The predicted octanol–water partition coefficient (Wildman–Crippen LogP) is 0.762. The molecule has 3 aromatic rings. The zero-order valence-corrected chi connectivity index (χ0v) is 17.9. The summed E-state index contributed by atoms with van der Waals surface area (Å²) in [6, 6.07) is 3.12. The summed E-state index contributed by atoms with van der Waals surface area (Å²) in [6.07, 6.45) is 4.30. The first kappa shape index (κ1) is 17.3. The van der Waals surface area contributed by atoms with E-state index in [1.165, 1.54) is 27.7 Å². The fourth-order valence-corrected chi connectivity index (χ4v) is 3.82. The lowest BCUT2D eigenvalue weighted by molar-refractivity contribution is -0.117. The monoisotopic (exact) mass is 452 g/mol. The minimum absolute atomic E-state index is 0.0624. The second-order valence-electron chi connectivity index (χ2n) is 8.00. The van der Waals surface area contributed by atoms with Crippen molar-refractivity contribution in [1.29, 1.82) is 0 Å². The molecule has 3 N–H and O–H groups in total. The molecule has 1 saturated carbocycles. The Morgan fingerprint density at radius 1 is 1.24 bits per heavy atom. The van der Waals surface area contributed by atoms with Crippen LogP contribution in [0.5, 0.6) is 0 Å². The molecule has 170 valence electrons. The Hall–Kier alpha value is -4.22. The van der Waals surface area contributed by atoms with Crippen molar-refractivity contribution in [2.75, 3.05) is 29.6 Å². The van der Waals surface area contributed by atoms with Crippen LogP contribution in [0.25, 0.3) is 5.69 Å². The van der Waals surface area contributed by atoms with Gasteiger partial charge >= 0.3 is 5.69 Å². The van der Waals surface area contributed by atoms with Crippen molar-refractivity contribution in [3.8, 4) is 5.69 Å². The van der Waals surface area contributed by atoms with Gasteiger partial charge in [-0.3, -0.25) is 9.59 Å². The molecule has 12 heteroatoms. The lowest BCUT2D eigenvalue weighted by atomic mass is 10.2. The molecule has 3 aromatic heterocycles. The van der Waals surface area contributed by atoms with E-state index >= 15 is 0 Å². The Labute approximate surface area is 192 Å². The van der Waals surface area contributed by atoms with Gasteiger partial charge in [0.1, 0.15) is 11.5 Å². The van der Waals surface area contributed by atoms with E-state index in [0.717, 1.165) is 12.8 Å². The summed E-state index contributed by atoms with van der Waals surface area (Å²) >= 11 is 0. The van der Waals surface area contributed by atoms with Crippen LogP contribution >= 0.6 is 0 Å². The van der Waals surface area contributed by atoms with E-state index in [2.05, 4.69) is 25.7 Å². The van der Waals surface area contributed by atoms with Crippen LogP contribution < -0.4 is 26.5 Å². The lowest BCUT2D eigenvalue weighted by Gasteiger charge is -2.29. The van der Waals surface area contributed by atoms with Gasteiger partial charge in [0, 0.05) is 49.6 Å². The van der Waals surface area contributed by atoms with Crippen LogP contribution in [0.1, 0.15) is 33.1 Å². The van der Waals surface area contributed by atoms with Crippen LogP contribution in [0.4, 0.5) is 23.0 Å². The van der Waals surface area contributed by atoms with E-state index in [4.69, 9.17) is 4.11 Å². The number of nitrogens with zero attached hydrogens (tertiary/aromatic N) is 6. The van der Waals surface area contributed by atoms with Gasteiger partial charge in [-0.15, -0.1) is 0 Å². The molecule has 0 unspecified atom stereocenters. The minimum atomic E-state index is -2.71. The zero-order chi connectivity index (χ0) is 25.8. The zero-order valence-electron chi connectivity index (χ0n) is 20.9. The summed E-state index contributed by atoms with van der Waals surface area (Å²) < 4.78 is 24.9. The van der Waals surface area contributed by atoms with Crippen molar-refractivity contribution in [2.45, 2.75) is 19.4 Å². The largest absolute Gasteiger partial charge is 0.362 e. The quantitative estimate of drug-likeness (QED) is 0.516. The number of hydrogen-bond donors (Lipinski definition) is 3. The van der Waals surface area contributed by atoms with Crippen LogP contribution in [-0.2, 0) is 18.4 Å². The standard InChI is InChI=1S/C21H23N9O3/c1-22-20(32)12-9-24-15(26-19(31)11-4-5-11)8-13(12)25-18-17-14(6-7-23-18)30-16(10-28(17)2)27-29(3)21(30)33/h6-9,11H,4-5,10H2,1-3H3,(H,22,32)(H2,23,24,25,26,31)/i1D3. The summed E-state index contributed by atoms with van der Waals surface area (Å²) in [4.78, 5) is 48.1. The summed E-state index contributed by atoms with van der Waals surface area (Å²) in [6.45, 7) is -2.38. The molecule has 4 heterocycles. The number of carbonyl (C=O) groups excluding carboxylic acids is 2. The maximum Gasteiger partial charge on any atom is 0.350 e. The number of anilines is 4. The summed E-state index contributed by atoms with van der Waals surface area (Å²) in [5.41, 5.74) is 0.911. The molecule has 1 aliphatic heterocycles. The fourth-order valence-electron chi connectivity index (χ4n) is 3.82. The number of aryl methyl sites for hydroxylation is 1. The molecule has 0 spiro atoms. The molecule has 33 heavy (non-hydrogen) atoms. The molecular formula is C21H23N9O3. The molecule has 12 nitrogen and oxygen atoms in total. The number of rotatable bonds is 5. The molecule has 1 fully saturated rings. The van der Waals surface area contributed by atoms with Gasteiger partial charge in [-0.25, -0.2) is 24.0 Å². The number of aromatic nitrogens is 5. The average molecular weight is 452 g/mol. The van der Waals surface area contributed by atoms with E-state index < -0.39 is 12.9 Å². The van der Waals surface area contributed by atoms with E-state index in [-0.39, 0.29) is 34.6 Å². The number of nitrogens with one attached hydrogen (secondary N) is 3. The third kappa shape index (κ3) is 3.58. The van der Waals surface area contributed by atoms with Crippen molar-refractivity contribution < 1.29 is 13.7 Å². The van der Waals surface area contributed by atoms with Crippen molar-refractivity contribution in [1.82, 2.24) is 29.6 Å². The number of carbonyl (C=O) groups is 2. The van der Waals surface area contributed by atoms with E-state index in [0.29, 0.717) is 29.6 Å². The van der Waals surface area contributed by atoms with Gasteiger partial charge in [0.05, 0.1) is 23.5 Å². The lowest BCUT2D eigenvalue weighted by Crippen LogP contribution is -2.31. The summed E-state index contributed by atoms with van der Waals surface area (Å²) in [5, 5.41) is 12.0. The molecular weight excluding hydrogens is 426 g/mol. The predicted molar refractivity (Wildman–Crippen MR) is 121 cm³/mol. The van der Waals surface area contributed by atoms with Crippen LogP contribution in [-0.4, -0.2) is 50.2 Å². The van der Waals surface area contributed by atoms with Gasteiger partial charge in [0.25, 0.3) is 5.91 Å². The van der Waals surface area contributed by atoms with Gasteiger partial charge < -0.3 is 20.9 Å². The number of amides is 2. The number of hydrogen-bond acceptors (Lipinski definition) is 8. The molecule has 0 bridgehead atoms. The fraction of sp³-hybridized carbons (Fsp3) is 0.333. The normalized spacial score (nSPS) is 16.1. The summed E-state index contributed by atoms with van der Waals surface area (Å²) in [7, 11) is 3.38. The van der Waals surface area contributed by atoms with E-state index in [1.807, 2.05) is 17.3 Å². The molecule has 0 aromatic carbocycles. The number of pyridine rings is 2. The highest BCUT2D eigenvalue weighted by Gasteiger charge is 2.30.